The number of para-hydroxylation sites is 1. The summed E-state index contributed by atoms with van der Waals surface area (Å²) in [5, 5.41) is 3.39. The van der Waals surface area contributed by atoms with Gasteiger partial charge in [-0.3, -0.25) is 4.90 Å². The van der Waals surface area contributed by atoms with Crippen LogP contribution in [0.15, 0.2) is 18.2 Å². The molecule has 1 aliphatic heterocycles. The number of anilines is 1. The van der Waals surface area contributed by atoms with Crippen molar-refractivity contribution in [1.82, 2.24) is 5.32 Å². The number of rotatable bonds is 7. The van der Waals surface area contributed by atoms with Gasteiger partial charge >= 0.3 is 6.09 Å². The molecule has 0 bridgehead atoms. The molecule has 25 heavy (non-hydrogen) atoms. The van der Waals surface area contributed by atoms with Crippen molar-refractivity contribution < 1.29 is 19.0 Å². The van der Waals surface area contributed by atoms with Gasteiger partial charge in [0, 0.05) is 33.9 Å². The predicted molar refractivity (Wildman–Crippen MR) is 98.1 cm³/mol. The normalized spacial score (nSPS) is 15.2. The average molecular weight is 350 g/mol. The molecule has 1 aliphatic rings. The van der Waals surface area contributed by atoms with E-state index in [9.17, 15) is 4.79 Å². The molecule has 2 rings (SSSR count). The van der Waals surface area contributed by atoms with E-state index in [1.807, 2.05) is 32.9 Å². The first-order chi connectivity index (χ1) is 11.9. The Morgan fingerprint density at radius 1 is 1.32 bits per heavy atom. The summed E-state index contributed by atoms with van der Waals surface area (Å²) >= 11 is 0. The van der Waals surface area contributed by atoms with E-state index in [0.29, 0.717) is 26.2 Å². The first kappa shape index (κ1) is 19.7. The van der Waals surface area contributed by atoms with Crippen LogP contribution in [0.25, 0.3) is 0 Å². The van der Waals surface area contributed by atoms with Crippen molar-refractivity contribution >= 4 is 11.8 Å². The Bertz CT molecular complexity index is 583. The first-order valence-electron chi connectivity index (χ1n) is 8.69. The van der Waals surface area contributed by atoms with E-state index in [1.165, 1.54) is 5.56 Å². The monoisotopic (exact) mass is 350 g/mol. The van der Waals surface area contributed by atoms with E-state index >= 15 is 0 Å². The second-order valence-electron chi connectivity index (χ2n) is 7.25. The molecular formula is C19H30N2O4. The van der Waals surface area contributed by atoms with Crippen LogP contribution in [0.5, 0.6) is 0 Å². The Kier molecular flexibility index (Phi) is 6.81. The van der Waals surface area contributed by atoms with Gasteiger partial charge in [-0.1, -0.05) is 18.2 Å². The van der Waals surface area contributed by atoms with Gasteiger partial charge in [0.15, 0.2) is 0 Å². The van der Waals surface area contributed by atoms with Crippen LogP contribution in [0, 0.1) is 0 Å². The average Bonchev–Trinajstić information content (AvgIpc) is 2.97. The van der Waals surface area contributed by atoms with Gasteiger partial charge in [-0.05, 0) is 38.3 Å². The topological polar surface area (TPSA) is 60.0 Å². The molecule has 0 radical (unpaired) electrons. The van der Waals surface area contributed by atoms with Crippen molar-refractivity contribution in [2.45, 2.75) is 45.4 Å². The van der Waals surface area contributed by atoms with Crippen LogP contribution >= 0.6 is 0 Å². The number of benzene rings is 1. The maximum Gasteiger partial charge on any atom is 0.414 e. The van der Waals surface area contributed by atoms with Crippen molar-refractivity contribution in [3.05, 3.63) is 29.3 Å². The number of nitrogens with zero attached hydrogens (tertiary/aromatic N) is 1. The van der Waals surface area contributed by atoms with Gasteiger partial charge in [0.1, 0.15) is 5.60 Å². The number of fused-ring (bicyclic) bond motifs is 1. The third-order valence-corrected chi connectivity index (χ3v) is 4.07. The minimum atomic E-state index is -0.501. The molecule has 0 saturated heterocycles. The highest BCUT2D eigenvalue weighted by Gasteiger charge is 2.30. The second-order valence-corrected chi connectivity index (χ2v) is 7.25. The van der Waals surface area contributed by atoms with E-state index in [2.05, 4.69) is 11.4 Å². The Hall–Kier alpha value is -1.63. The number of nitrogens with one attached hydrogen (secondary N) is 1. The fraction of sp³-hybridized carbons (Fsp3) is 0.632. The molecule has 6 nitrogen and oxygen atoms in total. The highest BCUT2D eigenvalue weighted by molar-refractivity contribution is 5.91. The maximum atomic E-state index is 12.5. The molecule has 0 saturated carbocycles. The molecule has 0 aromatic heterocycles. The van der Waals surface area contributed by atoms with Crippen molar-refractivity contribution in [3.63, 3.8) is 0 Å². The number of methoxy groups -OCH3 is 2. The highest BCUT2D eigenvalue weighted by Crippen LogP contribution is 2.33. The number of carbonyl (C=O) groups excluding carboxylic acids is 1. The molecule has 140 valence electrons. The van der Waals surface area contributed by atoms with Crippen LogP contribution in [0.4, 0.5) is 10.5 Å². The number of ether oxygens (including phenoxy) is 3. The maximum absolute atomic E-state index is 12.5. The summed E-state index contributed by atoms with van der Waals surface area (Å²) in [5.74, 6) is 0. The first-order valence-corrected chi connectivity index (χ1v) is 8.69. The van der Waals surface area contributed by atoms with Crippen molar-refractivity contribution in [2.24, 2.45) is 0 Å². The number of amides is 1. The van der Waals surface area contributed by atoms with E-state index in [4.69, 9.17) is 14.2 Å². The summed E-state index contributed by atoms with van der Waals surface area (Å²) in [5.41, 5.74) is 2.75. The van der Waals surface area contributed by atoms with E-state index < -0.39 is 5.60 Å². The Balaban J connectivity index is 2.07. The van der Waals surface area contributed by atoms with Crippen LogP contribution in [-0.4, -0.2) is 51.7 Å². The lowest BCUT2D eigenvalue weighted by atomic mass is 10.1. The zero-order valence-electron chi connectivity index (χ0n) is 15.9. The standard InChI is InChI=1S/C19H30N2O4/c1-19(2,3)25-18(22)21-10-9-14-7-6-8-15(17(14)21)11-20-12-16(24-5)13-23-4/h6-8,16,20H,9-13H2,1-5H3. The number of hydrogen-bond donors (Lipinski definition) is 1. The van der Waals surface area contributed by atoms with Gasteiger partial charge in [0.2, 0.25) is 0 Å². The Morgan fingerprint density at radius 3 is 2.72 bits per heavy atom. The van der Waals surface area contributed by atoms with Gasteiger partial charge < -0.3 is 19.5 Å². The molecule has 1 N–H and O–H groups in total. The van der Waals surface area contributed by atoms with Crippen LogP contribution in [0.2, 0.25) is 0 Å². The lowest BCUT2D eigenvalue weighted by Gasteiger charge is -2.26. The summed E-state index contributed by atoms with van der Waals surface area (Å²) in [6.45, 7) is 8.20. The molecule has 1 amide bonds. The van der Waals surface area contributed by atoms with Gasteiger partial charge in [-0.2, -0.15) is 0 Å². The highest BCUT2D eigenvalue weighted by atomic mass is 16.6. The smallest absolute Gasteiger partial charge is 0.414 e. The molecule has 0 spiro atoms. The van der Waals surface area contributed by atoms with Gasteiger partial charge in [-0.15, -0.1) is 0 Å². The third kappa shape index (κ3) is 5.42. The predicted octanol–water partition coefficient (Wildman–Crippen LogP) is 2.74. The SMILES string of the molecule is COCC(CNCc1cccc2c1N(C(=O)OC(C)(C)C)CC2)OC. The minimum Gasteiger partial charge on any atom is -0.443 e. The van der Waals surface area contributed by atoms with Gasteiger partial charge in [-0.25, -0.2) is 4.79 Å². The van der Waals surface area contributed by atoms with Crippen molar-refractivity contribution in [2.75, 3.05) is 38.8 Å². The fourth-order valence-corrected chi connectivity index (χ4v) is 2.94. The van der Waals surface area contributed by atoms with Crippen LogP contribution in [-0.2, 0) is 27.2 Å². The summed E-state index contributed by atoms with van der Waals surface area (Å²) in [6.07, 6.45) is 0.573. The molecule has 1 aromatic rings. The van der Waals surface area contributed by atoms with Crippen molar-refractivity contribution in [3.8, 4) is 0 Å². The summed E-state index contributed by atoms with van der Waals surface area (Å²) in [6, 6.07) is 6.16. The molecule has 0 aliphatic carbocycles. The Morgan fingerprint density at radius 2 is 2.08 bits per heavy atom. The van der Waals surface area contributed by atoms with Gasteiger partial charge in [0.05, 0.1) is 18.4 Å². The molecule has 1 atom stereocenters. The zero-order valence-corrected chi connectivity index (χ0v) is 15.9. The third-order valence-electron chi connectivity index (χ3n) is 4.07. The molecule has 1 unspecified atom stereocenters. The fourth-order valence-electron chi connectivity index (χ4n) is 2.94. The Labute approximate surface area is 150 Å². The molecule has 1 heterocycles. The molecule has 0 fully saturated rings. The summed E-state index contributed by atoms with van der Waals surface area (Å²) in [4.78, 5) is 14.3. The van der Waals surface area contributed by atoms with Crippen LogP contribution in [0.1, 0.15) is 31.9 Å². The summed E-state index contributed by atoms with van der Waals surface area (Å²) < 4.78 is 16.1. The second kappa shape index (κ2) is 8.65. The summed E-state index contributed by atoms with van der Waals surface area (Å²) in [7, 11) is 3.34. The van der Waals surface area contributed by atoms with E-state index in [0.717, 1.165) is 17.7 Å². The van der Waals surface area contributed by atoms with E-state index in [1.54, 1.807) is 19.1 Å². The van der Waals surface area contributed by atoms with Crippen molar-refractivity contribution in [1.29, 1.82) is 0 Å². The molecule has 1 aromatic carbocycles. The molecule has 6 heteroatoms. The lowest BCUT2D eigenvalue weighted by Crippen LogP contribution is -2.36. The van der Waals surface area contributed by atoms with Crippen LogP contribution in [0.3, 0.4) is 0 Å². The van der Waals surface area contributed by atoms with E-state index in [-0.39, 0.29) is 12.2 Å². The lowest BCUT2D eigenvalue weighted by molar-refractivity contribution is 0.0288. The quantitative estimate of drug-likeness (QED) is 0.819. The largest absolute Gasteiger partial charge is 0.443 e. The van der Waals surface area contributed by atoms with Gasteiger partial charge in [0.25, 0.3) is 0 Å². The molecular weight excluding hydrogens is 320 g/mol. The number of carbonyl (C=O) groups is 1. The number of hydrogen-bond acceptors (Lipinski definition) is 5. The zero-order chi connectivity index (χ0) is 18.4. The van der Waals surface area contributed by atoms with Crippen LogP contribution < -0.4 is 10.2 Å². The minimum absolute atomic E-state index is 0.00344.